The molecule has 1 fully saturated rings. The average Bonchev–Trinajstić information content (AvgIpc) is 3.05. The summed E-state index contributed by atoms with van der Waals surface area (Å²) in [6.45, 7) is 3.77. The van der Waals surface area contributed by atoms with Crippen LogP contribution in [0.25, 0.3) is 11.0 Å². The molecule has 0 radical (unpaired) electrons. The Morgan fingerprint density at radius 3 is 3.05 bits per heavy atom. The molecular weight excluding hydrogens is 359 g/mol. The molecule has 1 aromatic carbocycles. The Bertz CT molecular complexity index is 661. The zero-order valence-corrected chi connectivity index (χ0v) is 14.1. The first-order chi connectivity index (χ1) is 10.1. The fraction of sp³-hybridized carbons (Fsp3) is 0.533. The fourth-order valence-electron chi connectivity index (χ4n) is 3.06. The van der Waals surface area contributed by atoms with Gasteiger partial charge in [-0.25, -0.2) is 9.37 Å². The van der Waals surface area contributed by atoms with Gasteiger partial charge in [-0.1, -0.05) is 6.92 Å². The van der Waals surface area contributed by atoms with E-state index in [0.717, 1.165) is 37.3 Å². The van der Waals surface area contributed by atoms with Crippen LogP contribution in [0.5, 0.6) is 0 Å². The molecule has 3 rings (SSSR count). The minimum atomic E-state index is -0.302. The van der Waals surface area contributed by atoms with Crippen LogP contribution in [0.1, 0.15) is 25.6 Å². The van der Waals surface area contributed by atoms with Gasteiger partial charge in [0, 0.05) is 25.1 Å². The zero-order valence-electron chi connectivity index (χ0n) is 11.8. The summed E-state index contributed by atoms with van der Waals surface area (Å²) >= 11 is 9.26. The predicted octanol–water partition coefficient (Wildman–Crippen LogP) is 4.49. The van der Waals surface area contributed by atoms with Crippen molar-refractivity contribution in [2.24, 2.45) is 5.92 Å². The van der Waals surface area contributed by atoms with E-state index in [9.17, 15) is 4.39 Å². The highest BCUT2D eigenvalue weighted by molar-refractivity contribution is 9.10. The summed E-state index contributed by atoms with van der Waals surface area (Å²) in [5.41, 5.74) is 1.57. The molecule has 114 valence electrons. The Morgan fingerprint density at radius 1 is 1.52 bits per heavy atom. The number of hydrogen-bond donors (Lipinski definition) is 0. The maximum atomic E-state index is 13.7. The van der Waals surface area contributed by atoms with Gasteiger partial charge in [0.05, 0.1) is 27.5 Å². The molecule has 1 aliphatic heterocycles. The van der Waals surface area contributed by atoms with Crippen molar-refractivity contribution in [3.63, 3.8) is 0 Å². The van der Waals surface area contributed by atoms with E-state index in [2.05, 4.69) is 32.4 Å². The van der Waals surface area contributed by atoms with Crippen LogP contribution in [0.2, 0.25) is 0 Å². The molecule has 0 amide bonds. The third kappa shape index (κ3) is 2.83. The average molecular weight is 376 g/mol. The van der Waals surface area contributed by atoms with Gasteiger partial charge in [-0.3, -0.25) is 0 Å². The highest BCUT2D eigenvalue weighted by atomic mass is 79.9. The molecule has 1 aliphatic rings. The number of benzene rings is 1. The van der Waals surface area contributed by atoms with Crippen molar-refractivity contribution in [1.82, 2.24) is 9.55 Å². The van der Waals surface area contributed by atoms with E-state index in [4.69, 9.17) is 16.3 Å². The largest absolute Gasteiger partial charge is 0.378 e. The Hall–Kier alpha value is -0.650. The van der Waals surface area contributed by atoms with Gasteiger partial charge in [-0.15, -0.1) is 11.6 Å². The van der Waals surface area contributed by atoms with Gasteiger partial charge in [0.2, 0.25) is 0 Å². The Balaban J connectivity index is 2.01. The van der Waals surface area contributed by atoms with E-state index in [1.165, 1.54) is 6.07 Å². The molecule has 6 heteroatoms. The Labute approximate surface area is 136 Å². The third-order valence-corrected chi connectivity index (χ3v) is 5.00. The van der Waals surface area contributed by atoms with E-state index in [1.807, 2.05) is 0 Å². The molecule has 0 N–H and O–H groups in total. The molecule has 0 saturated carbocycles. The minimum Gasteiger partial charge on any atom is -0.378 e. The first-order valence-corrected chi connectivity index (χ1v) is 8.48. The minimum absolute atomic E-state index is 0.287. The lowest BCUT2D eigenvalue weighted by Gasteiger charge is -2.19. The summed E-state index contributed by atoms with van der Waals surface area (Å²) in [6.07, 6.45) is 2.34. The molecule has 0 bridgehead atoms. The second-order valence-electron chi connectivity index (χ2n) is 5.39. The smallest absolute Gasteiger partial charge is 0.139 e. The first kappa shape index (κ1) is 15.3. The van der Waals surface area contributed by atoms with Gasteiger partial charge in [0.25, 0.3) is 0 Å². The number of ether oxygens (including phenoxy) is 1. The monoisotopic (exact) mass is 374 g/mol. The van der Waals surface area contributed by atoms with Crippen LogP contribution in [0.4, 0.5) is 4.39 Å². The van der Waals surface area contributed by atoms with Gasteiger partial charge in [0.1, 0.15) is 11.6 Å². The SMILES string of the molecule is CCC1OCCC1Cn1c(CCl)nc2cc(F)c(Br)cc21. The number of hydrogen-bond acceptors (Lipinski definition) is 2. The summed E-state index contributed by atoms with van der Waals surface area (Å²) in [5, 5.41) is 0. The number of halogens is 3. The summed E-state index contributed by atoms with van der Waals surface area (Å²) in [7, 11) is 0. The molecule has 3 nitrogen and oxygen atoms in total. The molecule has 2 aromatic rings. The van der Waals surface area contributed by atoms with Crippen molar-refractivity contribution < 1.29 is 9.13 Å². The number of fused-ring (bicyclic) bond motifs is 1. The number of aromatic nitrogens is 2. The van der Waals surface area contributed by atoms with Crippen molar-refractivity contribution in [2.45, 2.75) is 38.3 Å². The zero-order chi connectivity index (χ0) is 15.0. The second-order valence-corrected chi connectivity index (χ2v) is 6.52. The van der Waals surface area contributed by atoms with Gasteiger partial charge in [-0.2, -0.15) is 0 Å². The molecule has 2 atom stereocenters. The molecule has 21 heavy (non-hydrogen) atoms. The number of imidazole rings is 1. The molecule has 1 aromatic heterocycles. The molecule has 1 saturated heterocycles. The van der Waals surface area contributed by atoms with Gasteiger partial charge < -0.3 is 9.30 Å². The predicted molar refractivity (Wildman–Crippen MR) is 85.1 cm³/mol. The highest BCUT2D eigenvalue weighted by Gasteiger charge is 2.28. The molecule has 2 unspecified atom stereocenters. The quantitative estimate of drug-likeness (QED) is 0.736. The lowest BCUT2D eigenvalue weighted by atomic mass is 9.99. The number of nitrogens with zero attached hydrogens (tertiary/aromatic N) is 2. The van der Waals surface area contributed by atoms with Crippen molar-refractivity contribution in [3.05, 3.63) is 28.2 Å². The summed E-state index contributed by atoms with van der Waals surface area (Å²) in [6, 6.07) is 3.24. The Kier molecular flexibility index (Phi) is 4.52. The van der Waals surface area contributed by atoms with E-state index < -0.39 is 0 Å². The van der Waals surface area contributed by atoms with Crippen LogP contribution in [0.15, 0.2) is 16.6 Å². The van der Waals surface area contributed by atoms with E-state index >= 15 is 0 Å². The van der Waals surface area contributed by atoms with E-state index in [0.29, 0.717) is 21.8 Å². The maximum absolute atomic E-state index is 13.7. The number of rotatable bonds is 4. The molecule has 0 spiro atoms. The summed E-state index contributed by atoms with van der Waals surface area (Å²) in [5.74, 6) is 1.26. The summed E-state index contributed by atoms with van der Waals surface area (Å²) in [4.78, 5) is 4.46. The van der Waals surface area contributed by atoms with Gasteiger partial charge >= 0.3 is 0 Å². The first-order valence-electron chi connectivity index (χ1n) is 7.15. The maximum Gasteiger partial charge on any atom is 0.139 e. The van der Waals surface area contributed by atoms with Crippen LogP contribution in [0.3, 0.4) is 0 Å². The summed E-state index contributed by atoms with van der Waals surface area (Å²) < 4.78 is 22.0. The standard InChI is InChI=1S/C15H17BrClFN2O/c1-2-14-9(3-4-21-14)8-20-13-5-10(16)11(18)6-12(13)19-15(20)7-17/h5-6,9,14H,2-4,7-8H2,1H3. The fourth-order valence-corrected chi connectivity index (χ4v) is 3.60. The van der Waals surface area contributed by atoms with Crippen LogP contribution < -0.4 is 0 Å². The van der Waals surface area contributed by atoms with Gasteiger partial charge in [0.15, 0.2) is 0 Å². The Morgan fingerprint density at radius 2 is 2.33 bits per heavy atom. The van der Waals surface area contributed by atoms with Crippen LogP contribution in [-0.2, 0) is 17.2 Å². The van der Waals surface area contributed by atoms with E-state index in [1.54, 1.807) is 6.07 Å². The van der Waals surface area contributed by atoms with Crippen molar-refractivity contribution in [1.29, 1.82) is 0 Å². The molecule has 0 aliphatic carbocycles. The van der Waals surface area contributed by atoms with Crippen LogP contribution in [-0.4, -0.2) is 22.3 Å². The molecular formula is C15H17BrClFN2O. The van der Waals surface area contributed by atoms with Gasteiger partial charge in [-0.05, 0) is 34.8 Å². The lowest BCUT2D eigenvalue weighted by Crippen LogP contribution is -2.21. The third-order valence-electron chi connectivity index (χ3n) is 4.15. The topological polar surface area (TPSA) is 27.1 Å². The van der Waals surface area contributed by atoms with Crippen molar-refractivity contribution in [2.75, 3.05) is 6.61 Å². The van der Waals surface area contributed by atoms with Crippen LogP contribution in [0, 0.1) is 11.7 Å². The van der Waals surface area contributed by atoms with Crippen LogP contribution >= 0.6 is 27.5 Å². The normalized spacial score (nSPS) is 22.3. The van der Waals surface area contributed by atoms with Crippen molar-refractivity contribution >= 4 is 38.6 Å². The van der Waals surface area contributed by atoms with E-state index in [-0.39, 0.29) is 11.9 Å². The highest BCUT2D eigenvalue weighted by Crippen LogP contribution is 2.30. The lowest BCUT2D eigenvalue weighted by molar-refractivity contribution is 0.0836. The molecule has 2 heterocycles. The number of alkyl halides is 1. The second kappa shape index (κ2) is 6.23. The van der Waals surface area contributed by atoms with Crippen molar-refractivity contribution in [3.8, 4) is 0 Å².